The fraction of sp³-hybridized carbons (Fsp3) is 0.250. The van der Waals surface area contributed by atoms with E-state index in [1.807, 2.05) is 0 Å². The summed E-state index contributed by atoms with van der Waals surface area (Å²) in [5.41, 5.74) is 0.304. The summed E-state index contributed by atoms with van der Waals surface area (Å²) < 4.78 is 5.50. The highest BCUT2D eigenvalue weighted by Crippen LogP contribution is 2.19. The minimum Gasteiger partial charge on any atom is -0.480 e. The molecule has 0 unspecified atom stereocenters. The lowest BCUT2D eigenvalue weighted by molar-refractivity contribution is -0.140. The van der Waals surface area contributed by atoms with Crippen molar-refractivity contribution in [1.29, 1.82) is 0 Å². The van der Waals surface area contributed by atoms with Crippen molar-refractivity contribution in [3.8, 4) is 11.6 Å². The van der Waals surface area contributed by atoms with E-state index in [0.29, 0.717) is 17.2 Å². The van der Waals surface area contributed by atoms with Crippen molar-refractivity contribution in [1.82, 2.24) is 15.3 Å². The Morgan fingerprint density at radius 1 is 1.26 bits per heavy atom. The minimum absolute atomic E-state index is 0.226. The summed E-state index contributed by atoms with van der Waals surface area (Å²) in [6.45, 7) is 3.46. The third kappa shape index (κ3) is 4.50. The van der Waals surface area contributed by atoms with E-state index < -0.39 is 17.9 Å². The van der Waals surface area contributed by atoms with Crippen molar-refractivity contribution in [2.75, 3.05) is 0 Å². The van der Waals surface area contributed by atoms with Crippen LogP contribution in [0, 0.1) is 5.92 Å². The zero-order valence-corrected chi connectivity index (χ0v) is 12.8. The standard InChI is InChI=1S/C16H17N3O4/c1-10(2)14(16(21)22)19-15(20)11-4-3-5-12(8-11)23-13-9-17-6-7-18-13/h3-10,14H,1-2H3,(H,19,20)(H,21,22)/t14-/m1/s1. The highest BCUT2D eigenvalue weighted by atomic mass is 16.5. The van der Waals surface area contributed by atoms with Crippen LogP contribution in [0.25, 0.3) is 0 Å². The maximum atomic E-state index is 12.2. The quantitative estimate of drug-likeness (QED) is 0.846. The van der Waals surface area contributed by atoms with Gasteiger partial charge in [-0.25, -0.2) is 9.78 Å². The van der Waals surface area contributed by atoms with E-state index in [9.17, 15) is 9.59 Å². The number of aliphatic carboxylic acids is 1. The molecule has 120 valence electrons. The predicted octanol–water partition coefficient (Wildman–Crippen LogP) is 2.11. The van der Waals surface area contributed by atoms with Crippen molar-refractivity contribution in [2.24, 2.45) is 5.92 Å². The third-order valence-electron chi connectivity index (χ3n) is 3.08. The van der Waals surface area contributed by atoms with Crippen molar-refractivity contribution in [3.63, 3.8) is 0 Å². The van der Waals surface area contributed by atoms with Crippen molar-refractivity contribution < 1.29 is 19.4 Å². The number of benzene rings is 1. The smallest absolute Gasteiger partial charge is 0.326 e. The number of ether oxygens (including phenoxy) is 1. The topological polar surface area (TPSA) is 101 Å². The molecule has 0 radical (unpaired) electrons. The van der Waals surface area contributed by atoms with Gasteiger partial charge in [0.15, 0.2) is 0 Å². The summed E-state index contributed by atoms with van der Waals surface area (Å²) in [6, 6.07) is 5.46. The number of carboxylic acid groups (broad SMARTS) is 1. The second-order valence-corrected chi connectivity index (χ2v) is 5.21. The number of carbonyl (C=O) groups excluding carboxylic acids is 1. The van der Waals surface area contributed by atoms with E-state index in [0.717, 1.165) is 0 Å². The van der Waals surface area contributed by atoms with E-state index in [1.54, 1.807) is 32.0 Å². The van der Waals surface area contributed by atoms with Gasteiger partial charge in [0.05, 0.1) is 6.20 Å². The molecule has 7 nitrogen and oxygen atoms in total. The van der Waals surface area contributed by atoms with Crippen molar-refractivity contribution in [2.45, 2.75) is 19.9 Å². The van der Waals surface area contributed by atoms with Crippen LogP contribution in [-0.2, 0) is 4.79 Å². The first-order chi connectivity index (χ1) is 11.0. The molecule has 0 spiro atoms. The van der Waals surface area contributed by atoms with E-state index in [1.165, 1.54) is 24.7 Å². The highest BCUT2D eigenvalue weighted by molar-refractivity contribution is 5.96. The summed E-state index contributed by atoms with van der Waals surface area (Å²) in [6.07, 6.45) is 4.46. The van der Waals surface area contributed by atoms with Crippen LogP contribution >= 0.6 is 0 Å². The number of amides is 1. The molecule has 1 aromatic carbocycles. The second kappa shape index (κ2) is 7.35. The largest absolute Gasteiger partial charge is 0.480 e. The Morgan fingerprint density at radius 3 is 2.65 bits per heavy atom. The van der Waals surface area contributed by atoms with Crippen molar-refractivity contribution >= 4 is 11.9 Å². The molecule has 0 aliphatic heterocycles. The Labute approximate surface area is 133 Å². The van der Waals surface area contributed by atoms with Crippen LogP contribution in [0.2, 0.25) is 0 Å². The number of carboxylic acids is 1. The Kier molecular flexibility index (Phi) is 5.24. The maximum absolute atomic E-state index is 12.2. The molecular formula is C16H17N3O4. The molecule has 1 amide bonds. The van der Waals surface area contributed by atoms with Gasteiger partial charge in [-0.05, 0) is 24.1 Å². The monoisotopic (exact) mass is 315 g/mol. The molecule has 1 heterocycles. The first-order valence-corrected chi connectivity index (χ1v) is 7.05. The van der Waals surface area contributed by atoms with Crippen LogP contribution in [0.15, 0.2) is 42.9 Å². The first kappa shape index (κ1) is 16.4. The average Bonchev–Trinajstić information content (AvgIpc) is 2.53. The summed E-state index contributed by atoms with van der Waals surface area (Å²) in [5, 5.41) is 11.6. The molecule has 2 aromatic rings. The van der Waals surface area contributed by atoms with Gasteiger partial charge in [0.2, 0.25) is 5.88 Å². The normalized spacial score (nSPS) is 11.8. The lowest BCUT2D eigenvalue weighted by Crippen LogP contribution is -2.44. The van der Waals surface area contributed by atoms with Gasteiger partial charge in [0.25, 0.3) is 5.91 Å². The lowest BCUT2D eigenvalue weighted by atomic mass is 10.0. The first-order valence-electron chi connectivity index (χ1n) is 7.05. The number of rotatable bonds is 6. The van der Waals surface area contributed by atoms with Crippen LogP contribution < -0.4 is 10.1 Å². The second-order valence-electron chi connectivity index (χ2n) is 5.21. The van der Waals surface area contributed by atoms with Gasteiger partial charge in [-0.3, -0.25) is 9.78 Å². The molecule has 1 aromatic heterocycles. The van der Waals surface area contributed by atoms with Crippen LogP contribution in [0.3, 0.4) is 0 Å². The van der Waals surface area contributed by atoms with Gasteiger partial charge in [-0.15, -0.1) is 0 Å². The molecule has 0 bridgehead atoms. The van der Waals surface area contributed by atoms with E-state index >= 15 is 0 Å². The Balaban J connectivity index is 2.12. The average molecular weight is 315 g/mol. The van der Waals surface area contributed by atoms with Gasteiger partial charge in [0.1, 0.15) is 11.8 Å². The van der Waals surface area contributed by atoms with Gasteiger partial charge in [0, 0.05) is 18.0 Å². The predicted molar refractivity (Wildman–Crippen MR) is 82.3 cm³/mol. The van der Waals surface area contributed by atoms with E-state index in [-0.39, 0.29) is 5.92 Å². The van der Waals surface area contributed by atoms with Crippen LogP contribution in [0.1, 0.15) is 24.2 Å². The summed E-state index contributed by atoms with van der Waals surface area (Å²) >= 11 is 0. The van der Waals surface area contributed by atoms with Crippen LogP contribution in [0.5, 0.6) is 11.6 Å². The zero-order valence-electron chi connectivity index (χ0n) is 12.8. The Hall–Kier alpha value is -2.96. The number of hydrogen-bond donors (Lipinski definition) is 2. The fourth-order valence-electron chi connectivity index (χ4n) is 1.90. The molecule has 0 aliphatic carbocycles. The molecule has 23 heavy (non-hydrogen) atoms. The molecule has 2 rings (SSSR count). The number of nitrogens with one attached hydrogen (secondary N) is 1. The maximum Gasteiger partial charge on any atom is 0.326 e. The molecule has 2 N–H and O–H groups in total. The van der Waals surface area contributed by atoms with E-state index in [2.05, 4.69) is 15.3 Å². The number of carbonyl (C=O) groups is 2. The van der Waals surface area contributed by atoms with Crippen molar-refractivity contribution in [3.05, 3.63) is 48.4 Å². The van der Waals surface area contributed by atoms with Gasteiger partial charge < -0.3 is 15.2 Å². The van der Waals surface area contributed by atoms with Crippen LogP contribution in [-0.4, -0.2) is 33.0 Å². The molecule has 0 saturated heterocycles. The number of nitrogens with zero attached hydrogens (tertiary/aromatic N) is 2. The molecular weight excluding hydrogens is 298 g/mol. The molecule has 0 aliphatic rings. The number of aromatic nitrogens is 2. The number of hydrogen-bond acceptors (Lipinski definition) is 5. The summed E-state index contributed by atoms with van der Waals surface area (Å²) in [7, 11) is 0. The SMILES string of the molecule is CC(C)[C@@H](NC(=O)c1cccc(Oc2cnccn2)c1)C(=O)O. The zero-order chi connectivity index (χ0) is 16.8. The fourth-order valence-corrected chi connectivity index (χ4v) is 1.90. The molecule has 7 heteroatoms. The summed E-state index contributed by atoms with van der Waals surface area (Å²) in [4.78, 5) is 31.2. The van der Waals surface area contributed by atoms with Gasteiger partial charge >= 0.3 is 5.97 Å². The lowest BCUT2D eigenvalue weighted by Gasteiger charge is -2.18. The highest BCUT2D eigenvalue weighted by Gasteiger charge is 2.24. The third-order valence-corrected chi connectivity index (χ3v) is 3.08. The minimum atomic E-state index is -1.07. The van der Waals surface area contributed by atoms with Gasteiger partial charge in [-0.1, -0.05) is 19.9 Å². The molecule has 0 fully saturated rings. The summed E-state index contributed by atoms with van der Waals surface area (Å²) in [5.74, 6) is -1.06. The van der Waals surface area contributed by atoms with Crippen LogP contribution in [0.4, 0.5) is 0 Å². The Morgan fingerprint density at radius 2 is 2.04 bits per heavy atom. The molecule has 1 atom stereocenters. The van der Waals surface area contributed by atoms with Gasteiger partial charge in [-0.2, -0.15) is 0 Å². The molecule has 0 saturated carbocycles. The van der Waals surface area contributed by atoms with E-state index in [4.69, 9.17) is 9.84 Å². The Bertz CT molecular complexity index is 689.